The first-order valence-electron chi connectivity index (χ1n) is 8.03. The highest BCUT2D eigenvalue weighted by molar-refractivity contribution is 6.03. The Labute approximate surface area is 156 Å². The van der Waals surface area contributed by atoms with E-state index >= 15 is 0 Å². The van der Waals surface area contributed by atoms with Crippen molar-refractivity contribution < 1.29 is 32.7 Å². The van der Waals surface area contributed by atoms with Crippen LogP contribution in [0.25, 0.3) is 0 Å². The Balaban J connectivity index is 1.95. The first-order chi connectivity index (χ1) is 13.1. The predicted octanol–water partition coefficient (Wildman–Crippen LogP) is 0.513. The van der Waals surface area contributed by atoms with Gasteiger partial charge >= 0.3 is 12.1 Å². The van der Waals surface area contributed by atoms with Gasteiger partial charge < -0.3 is 15.7 Å². The van der Waals surface area contributed by atoms with Gasteiger partial charge in [-0.15, -0.1) is 0 Å². The second kappa shape index (κ2) is 8.10. The second-order valence-corrected chi connectivity index (χ2v) is 5.58. The molecule has 0 saturated heterocycles. The van der Waals surface area contributed by atoms with E-state index in [0.29, 0.717) is 6.07 Å². The number of nitrogens with one attached hydrogen (secondary N) is 2. The molecule has 0 bridgehead atoms. The minimum atomic E-state index is -4.67. The van der Waals surface area contributed by atoms with E-state index in [4.69, 9.17) is 5.11 Å². The van der Waals surface area contributed by atoms with E-state index in [1.807, 2.05) is 0 Å². The predicted molar refractivity (Wildman–Crippen MR) is 87.7 cm³/mol. The quantitative estimate of drug-likeness (QED) is 0.579. The van der Waals surface area contributed by atoms with Crippen LogP contribution in [-0.2, 0) is 19.8 Å². The molecule has 10 nitrogen and oxygen atoms in total. The van der Waals surface area contributed by atoms with E-state index in [1.165, 1.54) is 14.0 Å². The van der Waals surface area contributed by atoms with Gasteiger partial charge in [0, 0.05) is 32.7 Å². The molecule has 0 spiro atoms. The highest BCUT2D eigenvalue weighted by Gasteiger charge is 2.35. The molecule has 0 saturated carbocycles. The molecule has 0 aliphatic heterocycles. The van der Waals surface area contributed by atoms with Gasteiger partial charge in [-0.25, -0.2) is 4.79 Å². The summed E-state index contributed by atoms with van der Waals surface area (Å²) in [6, 6.07) is 0.645. The normalized spacial score (nSPS) is 11.3. The number of amides is 2. The summed E-state index contributed by atoms with van der Waals surface area (Å²) in [7, 11) is 1.40. The van der Waals surface area contributed by atoms with Gasteiger partial charge in [-0.2, -0.15) is 23.4 Å². The van der Waals surface area contributed by atoms with Crippen LogP contribution in [0.4, 0.5) is 13.2 Å². The number of aromatic carboxylic acids is 1. The van der Waals surface area contributed by atoms with Crippen molar-refractivity contribution in [2.75, 3.05) is 13.1 Å². The van der Waals surface area contributed by atoms with E-state index in [1.54, 1.807) is 0 Å². The van der Waals surface area contributed by atoms with Crippen LogP contribution in [0.2, 0.25) is 0 Å². The molecule has 0 radical (unpaired) electrons. The highest BCUT2D eigenvalue weighted by atomic mass is 19.4. The number of carboxylic acid groups (broad SMARTS) is 1. The number of halogens is 3. The zero-order valence-electron chi connectivity index (χ0n) is 14.9. The van der Waals surface area contributed by atoms with Crippen LogP contribution in [0, 0.1) is 0 Å². The summed E-state index contributed by atoms with van der Waals surface area (Å²) in [4.78, 5) is 35.3. The molecule has 0 aliphatic carbocycles. The third-order valence-corrected chi connectivity index (χ3v) is 3.68. The zero-order valence-corrected chi connectivity index (χ0v) is 14.9. The van der Waals surface area contributed by atoms with Gasteiger partial charge in [0.25, 0.3) is 11.8 Å². The van der Waals surface area contributed by atoms with Gasteiger partial charge in [-0.1, -0.05) is 0 Å². The summed E-state index contributed by atoms with van der Waals surface area (Å²) in [5, 5.41) is 20.8. The number of rotatable bonds is 7. The minimum Gasteiger partial charge on any atom is -0.478 e. The lowest BCUT2D eigenvalue weighted by molar-refractivity contribution is -0.141. The number of carboxylic acids is 1. The van der Waals surface area contributed by atoms with Crippen molar-refractivity contribution in [1.29, 1.82) is 0 Å². The molecule has 13 heteroatoms. The largest absolute Gasteiger partial charge is 0.478 e. The van der Waals surface area contributed by atoms with E-state index in [0.717, 1.165) is 15.6 Å². The van der Waals surface area contributed by atoms with Gasteiger partial charge in [-0.05, 0) is 6.92 Å². The molecule has 0 aromatic carbocycles. The van der Waals surface area contributed by atoms with Crippen LogP contribution in [0.5, 0.6) is 0 Å². The fourth-order valence-electron chi connectivity index (χ4n) is 2.37. The summed E-state index contributed by atoms with van der Waals surface area (Å²) in [6.45, 7) is 1.42. The number of hydrogen-bond acceptors (Lipinski definition) is 5. The number of alkyl halides is 3. The van der Waals surface area contributed by atoms with Crippen molar-refractivity contribution in [2.24, 2.45) is 7.05 Å². The lowest BCUT2D eigenvalue weighted by Gasteiger charge is -2.08. The van der Waals surface area contributed by atoms with Crippen molar-refractivity contribution in [1.82, 2.24) is 30.2 Å². The van der Waals surface area contributed by atoms with Gasteiger partial charge in [0.15, 0.2) is 5.69 Å². The fraction of sp³-hybridized carbons (Fsp3) is 0.400. The smallest absolute Gasteiger partial charge is 0.435 e. The molecular formula is C15H17F3N6O4. The number of nitrogens with zero attached hydrogens (tertiary/aromatic N) is 4. The SMILES string of the molecule is CCn1nc(C(F)(F)F)cc1C(=O)NCCNC(=O)c1c(C(=O)O)cnn1C. The van der Waals surface area contributed by atoms with Gasteiger partial charge in [-0.3, -0.25) is 19.0 Å². The summed E-state index contributed by atoms with van der Waals surface area (Å²) in [6.07, 6.45) is -3.64. The summed E-state index contributed by atoms with van der Waals surface area (Å²) < 4.78 is 40.2. The number of carbonyl (C=O) groups excluding carboxylic acids is 2. The molecule has 3 N–H and O–H groups in total. The van der Waals surface area contributed by atoms with Crippen molar-refractivity contribution in [3.63, 3.8) is 0 Å². The number of hydrogen-bond donors (Lipinski definition) is 3. The van der Waals surface area contributed by atoms with Crippen molar-refractivity contribution in [2.45, 2.75) is 19.6 Å². The summed E-state index contributed by atoms with van der Waals surface area (Å²) >= 11 is 0. The van der Waals surface area contributed by atoms with Crippen LogP contribution in [0.3, 0.4) is 0 Å². The Morgan fingerprint density at radius 2 is 1.79 bits per heavy atom. The van der Waals surface area contributed by atoms with Crippen LogP contribution in [0.1, 0.15) is 44.0 Å². The van der Waals surface area contributed by atoms with Crippen LogP contribution in [-0.4, -0.2) is 55.5 Å². The molecule has 2 amide bonds. The van der Waals surface area contributed by atoms with Crippen molar-refractivity contribution in [3.8, 4) is 0 Å². The third-order valence-electron chi connectivity index (χ3n) is 3.68. The molecule has 0 unspecified atom stereocenters. The van der Waals surface area contributed by atoms with Gasteiger partial charge in [0.1, 0.15) is 17.0 Å². The lowest BCUT2D eigenvalue weighted by Crippen LogP contribution is -2.36. The van der Waals surface area contributed by atoms with Crippen LogP contribution >= 0.6 is 0 Å². The Hall–Kier alpha value is -3.38. The number of carbonyl (C=O) groups is 3. The molecule has 0 aliphatic rings. The molecule has 2 aromatic rings. The highest BCUT2D eigenvalue weighted by Crippen LogP contribution is 2.28. The van der Waals surface area contributed by atoms with E-state index in [-0.39, 0.29) is 36.6 Å². The topological polar surface area (TPSA) is 131 Å². The van der Waals surface area contributed by atoms with E-state index in [9.17, 15) is 27.6 Å². The molecule has 2 heterocycles. The second-order valence-electron chi connectivity index (χ2n) is 5.58. The third kappa shape index (κ3) is 4.47. The lowest BCUT2D eigenvalue weighted by atomic mass is 10.2. The maximum Gasteiger partial charge on any atom is 0.435 e. The molecule has 2 aromatic heterocycles. The summed E-state index contributed by atoms with van der Waals surface area (Å²) in [5.74, 6) is -2.82. The zero-order chi connectivity index (χ0) is 21.1. The molecule has 152 valence electrons. The monoisotopic (exact) mass is 402 g/mol. The van der Waals surface area contributed by atoms with Crippen molar-refractivity contribution >= 4 is 17.8 Å². The molecular weight excluding hydrogens is 385 g/mol. The minimum absolute atomic E-state index is 0.0635. The number of aryl methyl sites for hydroxylation is 2. The molecule has 2 rings (SSSR count). The van der Waals surface area contributed by atoms with Gasteiger partial charge in [0.2, 0.25) is 0 Å². The van der Waals surface area contributed by atoms with Crippen LogP contribution in [0.15, 0.2) is 12.3 Å². The Bertz CT molecular complexity index is 902. The fourth-order valence-corrected chi connectivity index (χ4v) is 2.37. The molecule has 28 heavy (non-hydrogen) atoms. The first kappa shape index (κ1) is 20.9. The van der Waals surface area contributed by atoms with Crippen molar-refractivity contribution in [3.05, 3.63) is 34.9 Å². The Morgan fingerprint density at radius 3 is 2.32 bits per heavy atom. The number of aromatic nitrogens is 4. The van der Waals surface area contributed by atoms with E-state index in [2.05, 4.69) is 20.8 Å². The maximum absolute atomic E-state index is 12.7. The molecule has 0 atom stereocenters. The van der Waals surface area contributed by atoms with E-state index < -0.39 is 29.7 Å². The van der Waals surface area contributed by atoms with Crippen LogP contribution < -0.4 is 10.6 Å². The first-order valence-corrected chi connectivity index (χ1v) is 8.03. The maximum atomic E-state index is 12.7. The Kier molecular flexibility index (Phi) is 6.06. The van der Waals surface area contributed by atoms with Gasteiger partial charge in [0.05, 0.1) is 6.20 Å². The average molecular weight is 402 g/mol. The Morgan fingerprint density at radius 1 is 1.18 bits per heavy atom. The standard InChI is InChI=1S/C15H17F3N6O4/c1-3-24-9(6-10(22-24)15(16,17)18)12(25)19-4-5-20-13(26)11-8(14(27)28)7-21-23(11)2/h6-7H,3-5H2,1-2H3,(H,19,25)(H,20,26)(H,27,28). The average Bonchev–Trinajstić information content (AvgIpc) is 3.21. The summed E-state index contributed by atoms with van der Waals surface area (Å²) in [5.41, 5.74) is -1.89. The molecule has 0 fully saturated rings.